The molecule has 4 heteroatoms. The minimum atomic E-state index is -0.132. The Bertz CT molecular complexity index is 807. The van der Waals surface area contributed by atoms with Crippen molar-refractivity contribution in [2.24, 2.45) is 52.3 Å². The van der Waals surface area contributed by atoms with Gasteiger partial charge in [-0.15, -0.1) is 0 Å². The monoisotopic (exact) mass is 456 g/mol. The van der Waals surface area contributed by atoms with Crippen molar-refractivity contribution in [1.29, 1.82) is 0 Å². The van der Waals surface area contributed by atoms with Crippen LogP contribution in [-0.4, -0.2) is 54.2 Å². The normalized spacial score (nSPS) is 48.4. The van der Waals surface area contributed by atoms with Gasteiger partial charge in [0.05, 0.1) is 12.0 Å². The van der Waals surface area contributed by atoms with Crippen molar-refractivity contribution >= 4 is 11.7 Å². The molecule has 4 nitrogen and oxygen atoms in total. The number of hydrogen-bond acceptors (Lipinski definition) is 3. The largest absolute Gasteiger partial charge is 0.332 e. The Morgan fingerprint density at radius 1 is 0.879 bits per heavy atom. The molecule has 0 bridgehead atoms. The van der Waals surface area contributed by atoms with Crippen molar-refractivity contribution in [1.82, 2.24) is 9.80 Å². The smallest absolute Gasteiger partial charge is 0.228 e. The predicted octanol–water partition coefficient (Wildman–Crippen LogP) is 5.26. The number of likely N-dealkylation sites (tertiary alicyclic amines) is 1. The van der Waals surface area contributed by atoms with Crippen LogP contribution >= 0.6 is 0 Å². The van der Waals surface area contributed by atoms with Crippen LogP contribution in [0.15, 0.2) is 0 Å². The van der Waals surface area contributed by atoms with Gasteiger partial charge in [0.2, 0.25) is 5.91 Å². The molecular weight excluding hydrogens is 408 g/mol. The molecule has 4 aliphatic carbocycles. The lowest BCUT2D eigenvalue weighted by Gasteiger charge is -2.61. The fourth-order valence-corrected chi connectivity index (χ4v) is 9.86. The van der Waals surface area contributed by atoms with Gasteiger partial charge in [0, 0.05) is 18.5 Å². The van der Waals surface area contributed by atoms with E-state index in [0.29, 0.717) is 29.1 Å². The molecule has 5 fully saturated rings. The summed E-state index contributed by atoms with van der Waals surface area (Å²) in [6, 6.07) is 0.511. The number of rotatable bonds is 4. The molecule has 5 rings (SSSR count). The second-order valence-corrected chi connectivity index (χ2v) is 13.7. The van der Waals surface area contributed by atoms with Gasteiger partial charge in [0.15, 0.2) is 5.78 Å². The maximum Gasteiger partial charge on any atom is 0.228 e. The summed E-state index contributed by atoms with van der Waals surface area (Å²) in [5.74, 6) is 4.47. The summed E-state index contributed by atoms with van der Waals surface area (Å²) < 4.78 is 0. The molecule has 33 heavy (non-hydrogen) atoms. The molecule has 1 heterocycles. The highest BCUT2D eigenvalue weighted by molar-refractivity contribution is 5.95. The Balaban J connectivity index is 1.33. The number of Topliss-reactive ketones (excluding diaryl/α,β-unsaturated/α-hetero) is 1. The second kappa shape index (κ2) is 8.07. The summed E-state index contributed by atoms with van der Waals surface area (Å²) >= 11 is 0. The van der Waals surface area contributed by atoms with Crippen LogP contribution in [-0.2, 0) is 9.59 Å². The Hall–Kier alpha value is -0.900. The number of nitrogens with zero attached hydrogens (tertiary/aromatic N) is 2. The van der Waals surface area contributed by atoms with Gasteiger partial charge < -0.3 is 9.80 Å². The molecule has 1 saturated heterocycles. The summed E-state index contributed by atoms with van der Waals surface area (Å²) in [5, 5.41) is 0. The Morgan fingerprint density at radius 3 is 2.18 bits per heavy atom. The average Bonchev–Trinajstić information content (AvgIpc) is 3.10. The number of ketones is 1. The van der Waals surface area contributed by atoms with Crippen molar-refractivity contribution in [2.75, 3.05) is 20.6 Å². The van der Waals surface area contributed by atoms with Crippen LogP contribution in [0, 0.1) is 52.3 Å². The van der Waals surface area contributed by atoms with E-state index < -0.39 is 0 Å². The molecule has 0 N–H and O–H groups in total. The molecule has 10 atom stereocenters. The number of hydrogen-bond donors (Lipinski definition) is 0. The van der Waals surface area contributed by atoms with Gasteiger partial charge in [-0.3, -0.25) is 9.59 Å². The van der Waals surface area contributed by atoms with E-state index in [-0.39, 0.29) is 29.2 Å². The third-order valence-electron chi connectivity index (χ3n) is 12.1. The number of β-lactam (4-membered cyclic amide) rings is 1. The van der Waals surface area contributed by atoms with Crippen molar-refractivity contribution in [3.05, 3.63) is 0 Å². The van der Waals surface area contributed by atoms with Gasteiger partial charge in [-0.1, -0.05) is 27.7 Å². The second-order valence-electron chi connectivity index (χ2n) is 13.7. The van der Waals surface area contributed by atoms with Crippen LogP contribution in [0.4, 0.5) is 0 Å². The van der Waals surface area contributed by atoms with Gasteiger partial charge in [-0.05, 0) is 113 Å². The summed E-state index contributed by atoms with van der Waals surface area (Å²) in [4.78, 5) is 31.0. The zero-order chi connectivity index (χ0) is 23.9. The molecule has 1 unspecified atom stereocenters. The first kappa shape index (κ1) is 23.8. The van der Waals surface area contributed by atoms with E-state index in [0.717, 1.165) is 43.6 Å². The minimum Gasteiger partial charge on any atom is -0.332 e. The van der Waals surface area contributed by atoms with Gasteiger partial charge in [0.25, 0.3) is 0 Å². The molecule has 0 aromatic carbocycles. The molecule has 5 aliphatic rings. The van der Waals surface area contributed by atoms with Gasteiger partial charge >= 0.3 is 0 Å². The van der Waals surface area contributed by atoms with Gasteiger partial charge in [-0.2, -0.15) is 0 Å². The van der Waals surface area contributed by atoms with Crippen LogP contribution in [0.25, 0.3) is 0 Å². The van der Waals surface area contributed by atoms with E-state index in [9.17, 15) is 9.59 Å². The Morgan fingerprint density at radius 2 is 1.55 bits per heavy atom. The Labute approximate surface area is 202 Å². The van der Waals surface area contributed by atoms with E-state index in [4.69, 9.17) is 0 Å². The van der Waals surface area contributed by atoms with Crippen LogP contribution < -0.4 is 0 Å². The number of amides is 1. The van der Waals surface area contributed by atoms with Crippen molar-refractivity contribution in [3.63, 3.8) is 0 Å². The number of carbonyl (C=O) groups excluding carboxylic acids is 2. The maximum atomic E-state index is 13.8. The molecule has 1 amide bonds. The van der Waals surface area contributed by atoms with Crippen molar-refractivity contribution in [2.45, 2.75) is 98.1 Å². The molecule has 0 aromatic rings. The highest BCUT2D eigenvalue weighted by Crippen LogP contribution is 2.67. The van der Waals surface area contributed by atoms with Crippen LogP contribution in [0.3, 0.4) is 0 Å². The number of carbonyl (C=O) groups is 2. The van der Waals surface area contributed by atoms with Crippen molar-refractivity contribution < 1.29 is 9.59 Å². The lowest BCUT2D eigenvalue weighted by molar-refractivity contribution is -0.171. The summed E-state index contributed by atoms with van der Waals surface area (Å²) in [7, 11) is 4.49. The van der Waals surface area contributed by atoms with Gasteiger partial charge in [0.1, 0.15) is 0 Å². The quantitative estimate of drug-likeness (QED) is 0.542. The standard InChI is InChI=1S/C29H48N2O2/c1-17(2)20-16-31(27(20)33)25-13-15-29(5)23-12-14-28(4)21(18(3)30(6)7)10-11-22(28)19(23)8-9-24(29)26(25)32/h17-25H,8-16H2,1-7H3/t18?,19-,20-,21-,22-,23-,24-,25-,28+,29+/m0/s1. The fraction of sp³-hybridized carbons (Fsp3) is 0.931. The third-order valence-corrected chi connectivity index (χ3v) is 12.1. The van der Waals surface area contributed by atoms with E-state index in [1.54, 1.807) is 0 Å². The highest BCUT2D eigenvalue weighted by atomic mass is 16.2. The van der Waals surface area contributed by atoms with Crippen LogP contribution in [0.1, 0.15) is 86.0 Å². The number of fused-ring (bicyclic) bond motifs is 5. The predicted molar refractivity (Wildman–Crippen MR) is 133 cm³/mol. The molecule has 1 aliphatic heterocycles. The molecule has 4 saturated carbocycles. The average molecular weight is 457 g/mol. The maximum absolute atomic E-state index is 13.8. The van der Waals surface area contributed by atoms with Gasteiger partial charge in [-0.25, -0.2) is 0 Å². The molecule has 0 aromatic heterocycles. The topological polar surface area (TPSA) is 40.6 Å². The lowest BCUT2D eigenvalue weighted by atomic mass is 9.44. The fourth-order valence-electron chi connectivity index (χ4n) is 9.86. The van der Waals surface area contributed by atoms with Crippen LogP contribution in [0.5, 0.6) is 0 Å². The lowest BCUT2D eigenvalue weighted by Crippen LogP contribution is -2.65. The van der Waals surface area contributed by atoms with E-state index >= 15 is 0 Å². The SMILES string of the molecule is CC(C)[C@@H]1CN([C@H]2CC[C@@]3(C)[C@@H](CC[C@@H]4[C@@H]3CC[C@]3(C)[C@H](C(C)N(C)C)CC[C@@H]43)C2=O)C1=O. The summed E-state index contributed by atoms with van der Waals surface area (Å²) in [6.07, 6.45) is 9.72. The van der Waals surface area contributed by atoms with Crippen LogP contribution in [0.2, 0.25) is 0 Å². The molecule has 0 spiro atoms. The summed E-state index contributed by atoms with van der Waals surface area (Å²) in [6.45, 7) is 12.6. The third kappa shape index (κ3) is 3.32. The molecule has 0 radical (unpaired) electrons. The van der Waals surface area contributed by atoms with E-state index in [1.165, 1.54) is 32.1 Å². The molecular formula is C29H48N2O2. The zero-order valence-corrected chi connectivity index (χ0v) is 22.3. The van der Waals surface area contributed by atoms with E-state index in [1.807, 2.05) is 4.90 Å². The molecule has 186 valence electrons. The summed E-state index contributed by atoms with van der Waals surface area (Å²) in [5.41, 5.74) is 0.611. The first-order valence-electron chi connectivity index (χ1n) is 14.0. The first-order valence-corrected chi connectivity index (χ1v) is 14.0. The Kier molecular flexibility index (Phi) is 5.82. The first-order chi connectivity index (χ1) is 15.5. The zero-order valence-electron chi connectivity index (χ0n) is 22.3. The highest BCUT2D eigenvalue weighted by Gasteiger charge is 2.63. The van der Waals surface area contributed by atoms with Crippen molar-refractivity contribution in [3.8, 4) is 0 Å². The minimum absolute atomic E-state index is 0.132. The van der Waals surface area contributed by atoms with E-state index in [2.05, 4.69) is 53.6 Å².